The lowest BCUT2D eigenvalue weighted by Crippen LogP contribution is -2.15. The highest BCUT2D eigenvalue weighted by Gasteiger charge is 2.11. The van der Waals surface area contributed by atoms with E-state index in [1.165, 1.54) is 11.1 Å². The first-order chi connectivity index (χ1) is 10.4. The molecule has 5 nitrogen and oxygen atoms in total. The van der Waals surface area contributed by atoms with Gasteiger partial charge in [-0.3, -0.25) is 0 Å². The van der Waals surface area contributed by atoms with Gasteiger partial charge in [0, 0.05) is 6.20 Å². The van der Waals surface area contributed by atoms with Crippen LogP contribution in [0.15, 0.2) is 36.8 Å². The molecule has 0 aliphatic carbocycles. The first-order valence-electron chi connectivity index (χ1n) is 7.05. The standard InChI is InChI=1S/C16H15N3O2/c1(2-12-7-13-16(17-9-12)19-10-18-13)11-3-4-14-15(8-11)21-6-5-20-14/h3-4,7-10H,1-2,5-6H2,(H,17,18,19). The maximum Gasteiger partial charge on any atom is 0.177 e. The van der Waals surface area contributed by atoms with Crippen LogP contribution in [-0.4, -0.2) is 28.2 Å². The van der Waals surface area contributed by atoms with Gasteiger partial charge in [-0.05, 0) is 42.2 Å². The minimum absolute atomic E-state index is 0.622. The van der Waals surface area contributed by atoms with Gasteiger partial charge in [0.25, 0.3) is 0 Å². The van der Waals surface area contributed by atoms with E-state index in [9.17, 15) is 0 Å². The normalized spacial score (nSPS) is 13.5. The first kappa shape index (κ1) is 12.2. The fraction of sp³-hybridized carbons (Fsp3) is 0.250. The molecule has 106 valence electrons. The fourth-order valence-corrected chi connectivity index (χ4v) is 2.54. The number of imidazole rings is 1. The molecule has 3 aromatic rings. The molecule has 0 saturated carbocycles. The number of aryl methyl sites for hydroxylation is 2. The first-order valence-corrected chi connectivity index (χ1v) is 7.05. The molecule has 0 unspecified atom stereocenters. The molecule has 4 rings (SSSR count). The van der Waals surface area contributed by atoms with Gasteiger partial charge in [-0.25, -0.2) is 9.97 Å². The van der Waals surface area contributed by atoms with Crippen molar-refractivity contribution in [2.75, 3.05) is 13.2 Å². The summed E-state index contributed by atoms with van der Waals surface area (Å²) in [6.45, 7) is 1.25. The van der Waals surface area contributed by atoms with Crippen molar-refractivity contribution >= 4 is 11.2 Å². The van der Waals surface area contributed by atoms with Crippen LogP contribution in [0.3, 0.4) is 0 Å². The number of nitrogens with zero attached hydrogens (tertiary/aromatic N) is 2. The van der Waals surface area contributed by atoms with Crippen LogP contribution in [0.5, 0.6) is 11.5 Å². The van der Waals surface area contributed by atoms with Crippen LogP contribution in [0.4, 0.5) is 0 Å². The third-order valence-corrected chi connectivity index (χ3v) is 3.64. The monoisotopic (exact) mass is 281 g/mol. The number of ether oxygens (including phenoxy) is 2. The second kappa shape index (κ2) is 5.09. The second-order valence-corrected chi connectivity index (χ2v) is 5.10. The molecule has 0 radical (unpaired) electrons. The zero-order valence-corrected chi connectivity index (χ0v) is 11.5. The molecule has 0 fully saturated rings. The lowest BCUT2D eigenvalue weighted by atomic mass is 10.0. The Morgan fingerprint density at radius 2 is 1.81 bits per heavy atom. The molecule has 21 heavy (non-hydrogen) atoms. The van der Waals surface area contributed by atoms with E-state index in [1.807, 2.05) is 12.3 Å². The van der Waals surface area contributed by atoms with Crippen molar-refractivity contribution in [3.05, 3.63) is 47.9 Å². The number of H-pyrrole nitrogens is 1. The number of aromatic nitrogens is 3. The van der Waals surface area contributed by atoms with Crippen LogP contribution in [0.2, 0.25) is 0 Å². The molecule has 0 bridgehead atoms. The minimum atomic E-state index is 0.622. The van der Waals surface area contributed by atoms with Crippen molar-refractivity contribution in [1.29, 1.82) is 0 Å². The molecule has 0 saturated heterocycles. The van der Waals surface area contributed by atoms with Gasteiger partial charge >= 0.3 is 0 Å². The number of hydrogen-bond acceptors (Lipinski definition) is 4. The van der Waals surface area contributed by atoms with Crippen LogP contribution in [-0.2, 0) is 12.8 Å². The highest BCUT2D eigenvalue weighted by molar-refractivity contribution is 5.70. The Bertz CT molecular complexity index is 782. The molecule has 1 aliphatic heterocycles. The van der Waals surface area contributed by atoms with Gasteiger partial charge in [-0.15, -0.1) is 0 Å². The molecule has 0 atom stereocenters. The van der Waals surface area contributed by atoms with Crippen LogP contribution >= 0.6 is 0 Å². The van der Waals surface area contributed by atoms with Gasteiger partial charge < -0.3 is 14.5 Å². The van der Waals surface area contributed by atoms with Gasteiger partial charge in [-0.1, -0.05) is 6.07 Å². The molecular weight excluding hydrogens is 266 g/mol. The number of pyridine rings is 1. The van der Waals surface area contributed by atoms with Crippen LogP contribution in [0.1, 0.15) is 11.1 Å². The van der Waals surface area contributed by atoms with E-state index >= 15 is 0 Å². The van der Waals surface area contributed by atoms with Crippen LogP contribution in [0, 0.1) is 0 Å². The number of fused-ring (bicyclic) bond motifs is 2. The summed E-state index contributed by atoms with van der Waals surface area (Å²) >= 11 is 0. The number of nitrogens with one attached hydrogen (secondary N) is 1. The minimum Gasteiger partial charge on any atom is -0.486 e. The van der Waals surface area contributed by atoms with E-state index in [-0.39, 0.29) is 0 Å². The van der Waals surface area contributed by atoms with Gasteiger partial charge in [0.05, 0.1) is 11.8 Å². The van der Waals surface area contributed by atoms with Crippen molar-refractivity contribution in [2.45, 2.75) is 12.8 Å². The number of benzene rings is 1. The third kappa shape index (κ3) is 2.42. The van der Waals surface area contributed by atoms with Crippen LogP contribution < -0.4 is 9.47 Å². The van der Waals surface area contributed by atoms with Crippen molar-refractivity contribution in [2.24, 2.45) is 0 Å². The van der Waals surface area contributed by atoms with Crippen molar-refractivity contribution in [3.63, 3.8) is 0 Å². The highest BCUT2D eigenvalue weighted by atomic mass is 16.6. The Labute approximate surface area is 121 Å². The Morgan fingerprint density at radius 3 is 2.76 bits per heavy atom. The summed E-state index contributed by atoms with van der Waals surface area (Å²) in [5.41, 5.74) is 4.18. The molecular formula is C16H15N3O2. The molecule has 2 aromatic heterocycles. The van der Waals surface area contributed by atoms with Crippen molar-refractivity contribution in [3.8, 4) is 11.5 Å². The van der Waals surface area contributed by atoms with E-state index in [4.69, 9.17) is 9.47 Å². The Morgan fingerprint density at radius 1 is 0.952 bits per heavy atom. The SMILES string of the molecule is c1nc2ncc(CCc3ccc4c(c3)OCCO4)cc2[nH]1. The average Bonchev–Trinajstić information content (AvgIpc) is 3.00. The van der Waals surface area contributed by atoms with E-state index < -0.39 is 0 Å². The summed E-state index contributed by atoms with van der Waals surface area (Å²) in [5, 5.41) is 0. The second-order valence-electron chi connectivity index (χ2n) is 5.10. The molecule has 3 heterocycles. The lowest BCUT2D eigenvalue weighted by molar-refractivity contribution is 0.171. The Kier molecular flexibility index (Phi) is 2.96. The summed E-state index contributed by atoms with van der Waals surface area (Å²) in [6, 6.07) is 8.25. The van der Waals surface area contributed by atoms with Gasteiger partial charge in [-0.2, -0.15) is 0 Å². The average molecular weight is 281 g/mol. The topological polar surface area (TPSA) is 60.0 Å². The molecule has 1 aliphatic rings. The third-order valence-electron chi connectivity index (χ3n) is 3.64. The Hall–Kier alpha value is -2.56. The smallest absolute Gasteiger partial charge is 0.177 e. The molecule has 1 N–H and O–H groups in total. The maximum atomic E-state index is 5.61. The number of aromatic amines is 1. The van der Waals surface area contributed by atoms with Crippen molar-refractivity contribution in [1.82, 2.24) is 15.0 Å². The van der Waals surface area contributed by atoms with Gasteiger partial charge in [0.2, 0.25) is 0 Å². The molecule has 0 spiro atoms. The van der Waals surface area contributed by atoms with E-state index in [0.29, 0.717) is 13.2 Å². The quantitative estimate of drug-likeness (QED) is 0.801. The zero-order chi connectivity index (χ0) is 14.1. The van der Waals surface area contributed by atoms with E-state index in [1.54, 1.807) is 6.33 Å². The van der Waals surface area contributed by atoms with E-state index in [2.05, 4.69) is 33.2 Å². The Balaban J connectivity index is 1.50. The summed E-state index contributed by atoms with van der Waals surface area (Å²) in [6.07, 6.45) is 5.43. The summed E-state index contributed by atoms with van der Waals surface area (Å²) < 4.78 is 11.1. The largest absolute Gasteiger partial charge is 0.486 e. The molecule has 0 amide bonds. The molecule has 5 heteroatoms. The predicted molar refractivity (Wildman–Crippen MR) is 78.7 cm³/mol. The highest BCUT2D eigenvalue weighted by Crippen LogP contribution is 2.31. The maximum absolute atomic E-state index is 5.61. The molecule has 1 aromatic carbocycles. The summed E-state index contributed by atoms with van der Waals surface area (Å²) in [5.74, 6) is 1.69. The fourth-order valence-electron chi connectivity index (χ4n) is 2.54. The van der Waals surface area contributed by atoms with Crippen LogP contribution in [0.25, 0.3) is 11.2 Å². The lowest BCUT2D eigenvalue weighted by Gasteiger charge is -2.18. The van der Waals surface area contributed by atoms with Crippen molar-refractivity contribution < 1.29 is 9.47 Å². The zero-order valence-electron chi connectivity index (χ0n) is 11.5. The summed E-state index contributed by atoms with van der Waals surface area (Å²) in [7, 11) is 0. The van der Waals surface area contributed by atoms with Gasteiger partial charge in [0.1, 0.15) is 13.2 Å². The van der Waals surface area contributed by atoms with Gasteiger partial charge in [0.15, 0.2) is 17.1 Å². The number of hydrogen-bond donors (Lipinski definition) is 1. The predicted octanol–water partition coefficient (Wildman–Crippen LogP) is 2.51. The van der Waals surface area contributed by atoms with E-state index in [0.717, 1.165) is 35.5 Å². The summed E-state index contributed by atoms with van der Waals surface area (Å²) in [4.78, 5) is 11.6. The number of rotatable bonds is 3.